The van der Waals surface area contributed by atoms with Crippen molar-refractivity contribution in [1.82, 2.24) is 4.98 Å². The Labute approximate surface area is 163 Å². The number of carbonyl (C=O) groups is 1. The van der Waals surface area contributed by atoms with Crippen LogP contribution in [0, 0.1) is 0 Å². The summed E-state index contributed by atoms with van der Waals surface area (Å²) in [6.07, 6.45) is 9.38. The molecule has 146 valence electrons. The maximum atomic E-state index is 12.5. The molecule has 0 spiro atoms. The fourth-order valence-electron chi connectivity index (χ4n) is 3.59. The van der Waals surface area contributed by atoms with Crippen molar-refractivity contribution in [2.75, 3.05) is 24.6 Å². The van der Waals surface area contributed by atoms with Crippen LogP contribution in [0.15, 0.2) is 27.7 Å². The number of hydrogen-bond donors (Lipinski definition) is 1. The highest BCUT2D eigenvalue weighted by Gasteiger charge is 2.30. The van der Waals surface area contributed by atoms with Gasteiger partial charge in [0.15, 0.2) is 22.9 Å². The molecule has 2 aliphatic heterocycles. The number of fused-ring (bicyclic) bond motifs is 1. The van der Waals surface area contributed by atoms with Gasteiger partial charge in [0.2, 0.25) is 5.88 Å². The number of aromatic nitrogens is 1. The predicted octanol–water partition coefficient (Wildman–Crippen LogP) is 4.19. The quantitative estimate of drug-likeness (QED) is 0.799. The molecular formula is C21H23N3O4. The molecule has 4 heterocycles. The number of aromatic hydroxyl groups is 1. The molecule has 0 aliphatic carbocycles. The highest BCUT2D eigenvalue weighted by Crippen LogP contribution is 2.40. The van der Waals surface area contributed by atoms with Crippen LogP contribution in [0.2, 0.25) is 0 Å². The van der Waals surface area contributed by atoms with Crippen LogP contribution in [0.4, 0.5) is 11.7 Å². The van der Waals surface area contributed by atoms with Gasteiger partial charge in [0.1, 0.15) is 0 Å². The van der Waals surface area contributed by atoms with Crippen molar-refractivity contribution in [1.29, 1.82) is 0 Å². The van der Waals surface area contributed by atoms with E-state index in [0.29, 0.717) is 11.7 Å². The van der Waals surface area contributed by atoms with Gasteiger partial charge in [0.05, 0.1) is 6.61 Å². The van der Waals surface area contributed by atoms with Crippen LogP contribution in [0.5, 0.6) is 5.75 Å². The molecule has 2 aliphatic rings. The molecule has 2 aromatic heterocycles. The molecule has 0 amide bonds. The monoisotopic (exact) mass is 381 g/mol. The Hall–Kier alpha value is -3.09. The minimum Gasteiger partial charge on any atom is -0.504 e. The second kappa shape index (κ2) is 7.88. The van der Waals surface area contributed by atoms with E-state index in [1.807, 2.05) is 17.0 Å². The van der Waals surface area contributed by atoms with Crippen LogP contribution < -0.4 is 4.90 Å². The number of carbonyl (C=O) groups excluding carboxylic acids is 1. The number of allylic oxidation sites excluding steroid dienone is 1. The highest BCUT2D eigenvalue weighted by molar-refractivity contribution is 6.21. The minimum atomic E-state index is -0.574. The van der Waals surface area contributed by atoms with Gasteiger partial charge in [-0.2, -0.15) is 0 Å². The number of hydrogen-bond acceptors (Lipinski definition) is 7. The number of furan rings is 1. The molecule has 0 radical (unpaired) electrons. The molecule has 1 N–H and O–H groups in total. The average molecular weight is 381 g/mol. The van der Waals surface area contributed by atoms with E-state index in [2.05, 4.69) is 9.98 Å². The second-order valence-corrected chi connectivity index (χ2v) is 6.85. The van der Waals surface area contributed by atoms with Crippen LogP contribution in [0.1, 0.15) is 54.3 Å². The van der Waals surface area contributed by atoms with Crippen LogP contribution in [0.25, 0.3) is 11.6 Å². The Bertz CT molecular complexity index is 937. The maximum Gasteiger partial charge on any atom is 0.347 e. The Morgan fingerprint density at radius 1 is 1.32 bits per heavy atom. The lowest BCUT2D eigenvalue weighted by Crippen LogP contribution is -2.25. The van der Waals surface area contributed by atoms with E-state index in [4.69, 9.17) is 9.15 Å². The first kappa shape index (κ1) is 18.3. The summed E-state index contributed by atoms with van der Waals surface area (Å²) in [6, 6.07) is 3.74. The van der Waals surface area contributed by atoms with Crippen molar-refractivity contribution in [3.05, 3.63) is 35.2 Å². The molecule has 7 nitrogen and oxygen atoms in total. The highest BCUT2D eigenvalue weighted by atomic mass is 16.5. The normalized spacial score (nSPS) is 17.6. The molecule has 28 heavy (non-hydrogen) atoms. The zero-order valence-corrected chi connectivity index (χ0v) is 15.9. The largest absolute Gasteiger partial charge is 0.504 e. The summed E-state index contributed by atoms with van der Waals surface area (Å²) < 4.78 is 11.2. The first-order valence-corrected chi connectivity index (χ1v) is 9.68. The number of rotatable bonds is 4. The van der Waals surface area contributed by atoms with Gasteiger partial charge in [0.25, 0.3) is 0 Å². The van der Waals surface area contributed by atoms with E-state index in [1.54, 1.807) is 25.4 Å². The zero-order valence-electron chi connectivity index (χ0n) is 15.9. The lowest BCUT2D eigenvalue weighted by atomic mass is 10.1. The molecule has 0 aromatic carbocycles. The third-order valence-electron chi connectivity index (χ3n) is 4.97. The SMILES string of the molecule is CCOC(=O)c1c(N2CCCCCC2)oc(/C=C2\C=Nc3ncccc32)c1O. The van der Waals surface area contributed by atoms with Gasteiger partial charge in [0, 0.05) is 36.6 Å². The summed E-state index contributed by atoms with van der Waals surface area (Å²) in [5, 5.41) is 10.8. The smallest absolute Gasteiger partial charge is 0.347 e. The Kier molecular flexibility index (Phi) is 5.14. The first-order valence-electron chi connectivity index (χ1n) is 9.68. The van der Waals surface area contributed by atoms with E-state index in [-0.39, 0.29) is 23.7 Å². The summed E-state index contributed by atoms with van der Waals surface area (Å²) in [5.41, 5.74) is 1.72. The third-order valence-corrected chi connectivity index (χ3v) is 4.97. The van der Waals surface area contributed by atoms with Crippen LogP contribution in [-0.2, 0) is 4.74 Å². The molecular weight excluding hydrogens is 358 g/mol. The molecule has 1 fully saturated rings. The Morgan fingerprint density at radius 2 is 2.11 bits per heavy atom. The minimum absolute atomic E-state index is 0.0944. The van der Waals surface area contributed by atoms with Gasteiger partial charge in [-0.25, -0.2) is 14.8 Å². The van der Waals surface area contributed by atoms with Crippen molar-refractivity contribution in [3.8, 4) is 5.75 Å². The fraction of sp³-hybridized carbons (Fsp3) is 0.381. The maximum absolute atomic E-state index is 12.5. The second-order valence-electron chi connectivity index (χ2n) is 6.85. The zero-order chi connectivity index (χ0) is 19.5. The number of anilines is 1. The molecule has 1 saturated heterocycles. The van der Waals surface area contributed by atoms with Gasteiger partial charge < -0.3 is 19.2 Å². The van der Waals surface area contributed by atoms with Crippen molar-refractivity contribution in [2.45, 2.75) is 32.6 Å². The Morgan fingerprint density at radius 3 is 2.86 bits per heavy atom. The van der Waals surface area contributed by atoms with Crippen LogP contribution in [-0.4, -0.2) is 42.0 Å². The molecule has 0 atom stereocenters. The summed E-state index contributed by atoms with van der Waals surface area (Å²) >= 11 is 0. The van der Waals surface area contributed by atoms with Gasteiger partial charge in [-0.05, 0) is 38.0 Å². The van der Waals surface area contributed by atoms with E-state index in [0.717, 1.165) is 49.9 Å². The Balaban J connectivity index is 1.76. The first-order chi connectivity index (χ1) is 13.7. The number of ether oxygens (including phenoxy) is 1. The van der Waals surface area contributed by atoms with E-state index in [9.17, 15) is 9.90 Å². The number of nitrogens with zero attached hydrogens (tertiary/aromatic N) is 3. The average Bonchev–Trinajstić information content (AvgIpc) is 3.12. The lowest BCUT2D eigenvalue weighted by Gasteiger charge is -2.20. The van der Waals surface area contributed by atoms with Crippen LogP contribution >= 0.6 is 0 Å². The molecule has 4 rings (SSSR count). The summed E-state index contributed by atoms with van der Waals surface area (Å²) in [5.74, 6) is 0.454. The molecule has 2 aromatic rings. The lowest BCUT2D eigenvalue weighted by molar-refractivity contribution is 0.0523. The van der Waals surface area contributed by atoms with Crippen molar-refractivity contribution < 1.29 is 19.1 Å². The molecule has 0 unspecified atom stereocenters. The topological polar surface area (TPSA) is 88.2 Å². The van der Waals surface area contributed by atoms with Gasteiger partial charge >= 0.3 is 5.97 Å². The molecule has 7 heteroatoms. The van der Waals surface area contributed by atoms with Gasteiger partial charge in [-0.15, -0.1) is 0 Å². The molecule has 0 saturated carbocycles. The third kappa shape index (κ3) is 3.40. The van der Waals surface area contributed by atoms with E-state index < -0.39 is 5.97 Å². The number of aliphatic imine (C=N–C) groups is 1. The summed E-state index contributed by atoms with van der Waals surface area (Å²) in [4.78, 5) is 23.1. The standard InChI is InChI=1S/C21H23N3O4/c1-2-27-21(26)17-18(25)16(28-20(17)24-10-5-3-4-6-11-24)12-14-13-23-19-15(14)8-7-9-22-19/h7-9,12-13,25H,2-6,10-11H2,1H3/b14-12+. The predicted molar refractivity (Wildman–Crippen MR) is 107 cm³/mol. The van der Waals surface area contributed by atoms with E-state index >= 15 is 0 Å². The number of esters is 1. The summed E-state index contributed by atoms with van der Waals surface area (Å²) in [7, 11) is 0. The van der Waals surface area contributed by atoms with Gasteiger partial charge in [-0.3, -0.25) is 0 Å². The van der Waals surface area contributed by atoms with E-state index in [1.165, 1.54) is 0 Å². The fourth-order valence-corrected chi connectivity index (χ4v) is 3.59. The molecule has 0 bridgehead atoms. The summed E-state index contributed by atoms with van der Waals surface area (Å²) in [6.45, 7) is 3.53. The van der Waals surface area contributed by atoms with Gasteiger partial charge in [-0.1, -0.05) is 12.8 Å². The van der Waals surface area contributed by atoms with Crippen molar-refractivity contribution in [2.24, 2.45) is 4.99 Å². The van der Waals surface area contributed by atoms with Crippen LogP contribution in [0.3, 0.4) is 0 Å². The van der Waals surface area contributed by atoms with Crippen molar-refractivity contribution in [3.63, 3.8) is 0 Å². The number of pyridine rings is 1. The van der Waals surface area contributed by atoms with Crippen molar-refractivity contribution >= 4 is 35.5 Å².